The number of ether oxygens (including phenoxy) is 1. The van der Waals surface area contributed by atoms with Crippen molar-refractivity contribution in [2.75, 3.05) is 19.0 Å². The number of allylic oxidation sites excluding steroid dienone is 1. The number of pyridine rings is 2. The first-order chi connectivity index (χ1) is 12.8. The van der Waals surface area contributed by atoms with E-state index in [1.807, 2.05) is 12.1 Å². The lowest BCUT2D eigenvalue weighted by atomic mass is 10.0. The predicted molar refractivity (Wildman–Crippen MR) is 102 cm³/mol. The predicted octanol–water partition coefficient (Wildman–Crippen LogP) is 3.95. The Kier molecular flexibility index (Phi) is 4.24. The van der Waals surface area contributed by atoms with Crippen molar-refractivity contribution in [3.63, 3.8) is 0 Å². The van der Waals surface area contributed by atoms with Gasteiger partial charge < -0.3 is 10.1 Å². The van der Waals surface area contributed by atoms with Crippen molar-refractivity contribution >= 4 is 22.2 Å². The van der Waals surface area contributed by atoms with E-state index in [1.54, 1.807) is 25.7 Å². The molecule has 0 saturated heterocycles. The van der Waals surface area contributed by atoms with Crippen molar-refractivity contribution < 1.29 is 4.74 Å². The molecule has 2 aromatic heterocycles. The minimum Gasteiger partial charge on any atom is -0.497 e. The van der Waals surface area contributed by atoms with Gasteiger partial charge in [0.1, 0.15) is 11.8 Å². The van der Waals surface area contributed by atoms with Crippen LogP contribution < -0.4 is 10.1 Å². The van der Waals surface area contributed by atoms with Crippen LogP contribution in [-0.2, 0) is 6.42 Å². The second kappa shape index (κ2) is 6.85. The normalized spacial score (nSPS) is 12.4. The highest BCUT2D eigenvalue weighted by Gasteiger charge is 2.15. The van der Waals surface area contributed by atoms with Crippen LogP contribution >= 0.6 is 0 Å². The molecule has 1 aliphatic rings. The first kappa shape index (κ1) is 16.1. The average molecular weight is 342 g/mol. The largest absolute Gasteiger partial charge is 0.497 e. The van der Waals surface area contributed by atoms with Gasteiger partial charge in [-0.05, 0) is 47.7 Å². The van der Waals surface area contributed by atoms with Gasteiger partial charge >= 0.3 is 0 Å². The van der Waals surface area contributed by atoms with Crippen molar-refractivity contribution in [3.05, 3.63) is 65.6 Å². The molecule has 0 atom stereocenters. The fraction of sp³-hybridized carbons (Fsp3) is 0.190. The van der Waals surface area contributed by atoms with Gasteiger partial charge in [-0.3, -0.25) is 9.97 Å². The lowest BCUT2D eigenvalue weighted by Gasteiger charge is -2.12. The molecule has 3 aromatic rings. The van der Waals surface area contributed by atoms with Gasteiger partial charge in [-0.25, -0.2) is 0 Å². The van der Waals surface area contributed by atoms with Crippen LogP contribution in [0.15, 0.2) is 48.9 Å². The Bertz CT molecular complexity index is 1050. The van der Waals surface area contributed by atoms with E-state index < -0.39 is 0 Å². The number of nitrogens with zero attached hydrogens (tertiary/aromatic N) is 3. The second-order valence-corrected chi connectivity index (χ2v) is 6.18. The fourth-order valence-electron chi connectivity index (χ4n) is 3.38. The summed E-state index contributed by atoms with van der Waals surface area (Å²) in [5.41, 5.74) is 6.05. The lowest BCUT2D eigenvalue weighted by Crippen LogP contribution is -2.05. The van der Waals surface area contributed by atoms with Crippen LogP contribution in [0.3, 0.4) is 0 Å². The third-order valence-corrected chi connectivity index (χ3v) is 4.72. The highest BCUT2D eigenvalue weighted by molar-refractivity contribution is 5.93. The van der Waals surface area contributed by atoms with Gasteiger partial charge in [0.15, 0.2) is 0 Å². The zero-order chi connectivity index (χ0) is 17.9. The number of rotatable bonds is 5. The molecule has 0 radical (unpaired) electrons. The number of aromatic nitrogens is 2. The summed E-state index contributed by atoms with van der Waals surface area (Å²) >= 11 is 0. The number of hydrogen-bond donors (Lipinski definition) is 1. The van der Waals surface area contributed by atoms with E-state index >= 15 is 0 Å². The summed E-state index contributed by atoms with van der Waals surface area (Å²) in [6.45, 7) is 0.735. The molecular formula is C21H18N4O. The Morgan fingerprint density at radius 1 is 1.27 bits per heavy atom. The molecule has 0 saturated carbocycles. The van der Waals surface area contributed by atoms with Crippen LogP contribution in [0.5, 0.6) is 5.75 Å². The average Bonchev–Trinajstić information content (AvgIpc) is 3.10. The fourth-order valence-corrected chi connectivity index (χ4v) is 3.38. The molecule has 0 unspecified atom stereocenters. The highest BCUT2D eigenvalue weighted by Crippen LogP contribution is 2.33. The molecule has 2 heterocycles. The van der Waals surface area contributed by atoms with Gasteiger partial charge in [0, 0.05) is 24.3 Å². The molecule has 5 nitrogen and oxygen atoms in total. The van der Waals surface area contributed by atoms with Gasteiger partial charge in [-0.1, -0.05) is 12.1 Å². The Hall–Kier alpha value is -3.39. The lowest BCUT2D eigenvalue weighted by molar-refractivity contribution is 0.414. The Morgan fingerprint density at radius 2 is 2.19 bits per heavy atom. The first-order valence-corrected chi connectivity index (χ1v) is 8.53. The van der Waals surface area contributed by atoms with E-state index in [4.69, 9.17) is 4.74 Å². The SMILES string of the molecule is COc1ccc2c(c1)C(CCNc1c(C#N)cnc3cnccc13)=CC2. The number of fused-ring (bicyclic) bond motifs is 2. The smallest absolute Gasteiger partial charge is 0.119 e. The van der Waals surface area contributed by atoms with Gasteiger partial charge in [0.2, 0.25) is 0 Å². The van der Waals surface area contributed by atoms with Crippen molar-refractivity contribution in [3.8, 4) is 11.8 Å². The molecule has 1 aliphatic carbocycles. The number of nitriles is 1. The summed E-state index contributed by atoms with van der Waals surface area (Å²) < 4.78 is 5.35. The van der Waals surface area contributed by atoms with Gasteiger partial charge in [0.05, 0.1) is 30.1 Å². The van der Waals surface area contributed by atoms with E-state index in [1.165, 1.54) is 16.7 Å². The van der Waals surface area contributed by atoms with E-state index in [0.717, 1.165) is 41.7 Å². The number of nitrogens with one attached hydrogen (secondary N) is 1. The van der Waals surface area contributed by atoms with Crippen LogP contribution in [0.4, 0.5) is 5.69 Å². The third-order valence-electron chi connectivity index (χ3n) is 4.72. The van der Waals surface area contributed by atoms with E-state index in [9.17, 15) is 5.26 Å². The molecule has 26 heavy (non-hydrogen) atoms. The number of methoxy groups -OCH3 is 1. The summed E-state index contributed by atoms with van der Waals surface area (Å²) in [6, 6.07) is 10.3. The molecule has 0 fully saturated rings. The molecule has 0 aliphatic heterocycles. The molecule has 0 spiro atoms. The summed E-state index contributed by atoms with van der Waals surface area (Å²) in [5.74, 6) is 0.879. The molecule has 128 valence electrons. The zero-order valence-corrected chi connectivity index (χ0v) is 14.5. The maximum Gasteiger partial charge on any atom is 0.119 e. The van der Waals surface area contributed by atoms with Crippen LogP contribution in [0.2, 0.25) is 0 Å². The van der Waals surface area contributed by atoms with Crippen molar-refractivity contribution in [1.82, 2.24) is 9.97 Å². The molecule has 5 heteroatoms. The van der Waals surface area contributed by atoms with E-state index in [0.29, 0.717) is 5.56 Å². The second-order valence-electron chi connectivity index (χ2n) is 6.18. The highest BCUT2D eigenvalue weighted by atomic mass is 16.5. The van der Waals surface area contributed by atoms with Crippen molar-refractivity contribution in [1.29, 1.82) is 5.26 Å². The van der Waals surface area contributed by atoms with Crippen molar-refractivity contribution in [2.45, 2.75) is 12.8 Å². The van der Waals surface area contributed by atoms with Gasteiger partial charge in [-0.15, -0.1) is 0 Å². The Labute approximate surface area is 152 Å². The maximum absolute atomic E-state index is 9.41. The van der Waals surface area contributed by atoms with Crippen LogP contribution in [0.25, 0.3) is 16.5 Å². The van der Waals surface area contributed by atoms with Crippen LogP contribution in [0.1, 0.15) is 23.1 Å². The molecular weight excluding hydrogens is 324 g/mol. The summed E-state index contributed by atoms with van der Waals surface area (Å²) in [6.07, 6.45) is 9.14. The topological polar surface area (TPSA) is 70.8 Å². The standard InChI is InChI=1S/C21H18N4O/c1-26-17-5-4-14-2-3-15(19(14)10-17)6-9-24-21-16(11-22)12-25-20-13-23-8-7-18(20)21/h3-5,7-8,10,12-13H,2,6,9H2,1H3,(H,24,25). The molecule has 1 N–H and O–H groups in total. The zero-order valence-electron chi connectivity index (χ0n) is 14.5. The first-order valence-electron chi connectivity index (χ1n) is 8.53. The molecule has 4 rings (SSSR count). The number of hydrogen-bond acceptors (Lipinski definition) is 5. The summed E-state index contributed by atoms with van der Waals surface area (Å²) in [7, 11) is 1.69. The quantitative estimate of drug-likeness (QED) is 0.760. The molecule has 1 aromatic carbocycles. The minimum absolute atomic E-state index is 0.547. The van der Waals surface area contributed by atoms with E-state index in [-0.39, 0.29) is 0 Å². The molecule has 0 bridgehead atoms. The van der Waals surface area contributed by atoms with Crippen LogP contribution in [-0.4, -0.2) is 23.6 Å². The molecule has 0 amide bonds. The third kappa shape index (κ3) is 2.86. The maximum atomic E-state index is 9.41. The van der Waals surface area contributed by atoms with Crippen molar-refractivity contribution in [2.24, 2.45) is 0 Å². The summed E-state index contributed by atoms with van der Waals surface area (Å²) in [5, 5.41) is 13.8. The minimum atomic E-state index is 0.547. The van der Waals surface area contributed by atoms with E-state index in [2.05, 4.69) is 39.6 Å². The monoisotopic (exact) mass is 342 g/mol. The van der Waals surface area contributed by atoms with Gasteiger partial charge in [0.25, 0.3) is 0 Å². The van der Waals surface area contributed by atoms with Crippen LogP contribution in [0, 0.1) is 11.3 Å². The summed E-state index contributed by atoms with van der Waals surface area (Å²) in [4.78, 5) is 8.40. The van der Waals surface area contributed by atoms with Gasteiger partial charge in [-0.2, -0.15) is 5.26 Å². The number of benzene rings is 1. The Morgan fingerprint density at radius 3 is 3.04 bits per heavy atom. The number of anilines is 1. The Balaban J connectivity index is 1.54.